The van der Waals surface area contributed by atoms with E-state index in [4.69, 9.17) is 5.11 Å². The van der Waals surface area contributed by atoms with Gasteiger partial charge < -0.3 is 10.2 Å². The molecular weight excluding hydrogens is 324 g/mol. The maximum Gasteiger partial charge on any atom is 0.303 e. The number of aliphatic hydroxyl groups is 1. The van der Waals surface area contributed by atoms with Crippen molar-refractivity contribution in [1.29, 1.82) is 0 Å². The fourth-order valence-electron chi connectivity index (χ4n) is 8.32. The Hall–Kier alpha value is -0.570. The number of aliphatic hydroxyl groups excluding tert-OH is 1. The van der Waals surface area contributed by atoms with E-state index in [1.807, 2.05) is 0 Å². The fraction of sp³-hybridized carbons (Fsp3) is 0.957. The van der Waals surface area contributed by atoms with Crippen LogP contribution in [0.25, 0.3) is 0 Å². The minimum Gasteiger partial charge on any atom is -0.481 e. The van der Waals surface area contributed by atoms with Gasteiger partial charge in [0.2, 0.25) is 0 Å². The Morgan fingerprint density at radius 2 is 1.69 bits per heavy atom. The second-order valence-corrected chi connectivity index (χ2v) is 10.7. The van der Waals surface area contributed by atoms with E-state index in [0.717, 1.165) is 55.3 Å². The minimum absolute atomic E-state index is 0.0522. The molecule has 0 aliphatic heterocycles. The van der Waals surface area contributed by atoms with Crippen LogP contribution in [0.2, 0.25) is 0 Å². The number of carboxylic acid groups (broad SMARTS) is 1. The molecule has 0 heterocycles. The van der Waals surface area contributed by atoms with E-state index in [0.29, 0.717) is 17.3 Å². The first-order valence-corrected chi connectivity index (χ1v) is 11.2. The predicted molar refractivity (Wildman–Crippen MR) is 103 cm³/mol. The van der Waals surface area contributed by atoms with Crippen LogP contribution >= 0.6 is 0 Å². The van der Waals surface area contributed by atoms with Crippen molar-refractivity contribution in [2.75, 3.05) is 0 Å². The van der Waals surface area contributed by atoms with Crippen LogP contribution in [0.4, 0.5) is 0 Å². The van der Waals surface area contributed by atoms with E-state index in [2.05, 4.69) is 13.8 Å². The summed E-state index contributed by atoms with van der Waals surface area (Å²) in [7, 11) is 0. The lowest BCUT2D eigenvalue weighted by Gasteiger charge is -2.61. The summed E-state index contributed by atoms with van der Waals surface area (Å²) in [6.07, 6.45) is 13.6. The van der Waals surface area contributed by atoms with Crippen LogP contribution in [0.15, 0.2) is 0 Å². The van der Waals surface area contributed by atoms with Gasteiger partial charge in [0.05, 0.1) is 6.10 Å². The van der Waals surface area contributed by atoms with E-state index in [-0.39, 0.29) is 6.10 Å². The average molecular weight is 363 g/mol. The number of hydrogen-bond donors (Lipinski definition) is 2. The van der Waals surface area contributed by atoms with Gasteiger partial charge in [-0.2, -0.15) is 0 Å². The molecule has 3 nitrogen and oxygen atoms in total. The molecule has 0 radical (unpaired) electrons. The zero-order valence-electron chi connectivity index (χ0n) is 16.8. The molecule has 148 valence electrons. The zero-order valence-corrected chi connectivity index (χ0v) is 16.8. The molecule has 26 heavy (non-hydrogen) atoms. The van der Waals surface area contributed by atoms with Crippen LogP contribution in [0.5, 0.6) is 0 Å². The molecular formula is C23H38O3. The summed E-state index contributed by atoms with van der Waals surface area (Å²) in [6.45, 7) is 5.10. The van der Waals surface area contributed by atoms with Crippen molar-refractivity contribution >= 4 is 5.97 Å². The molecule has 4 aliphatic rings. The molecule has 4 saturated carbocycles. The van der Waals surface area contributed by atoms with Gasteiger partial charge in [-0.15, -0.1) is 0 Å². The summed E-state index contributed by atoms with van der Waals surface area (Å²) in [5.74, 6) is 3.45. The highest BCUT2D eigenvalue weighted by Crippen LogP contribution is 2.67. The first-order valence-electron chi connectivity index (χ1n) is 11.2. The van der Waals surface area contributed by atoms with E-state index in [1.165, 1.54) is 44.9 Å². The standard InChI is InChI=1S/C23H38O3/c1-22-13-11-20-18(8-6-16-14-17(24)10-12-23(16,20)2)19(22)9-7-15(22)4-3-5-21(25)26/h15-20,24H,3-14H2,1-2H3,(H,25,26)/t15-,16+,17+,18?,19?,20?,22+,23-/m0/s1. The lowest BCUT2D eigenvalue weighted by Crippen LogP contribution is -2.53. The Bertz CT molecular complexity index is 546. The molecule has 0 spiro atoms. The molecule has 2 N–H and O–H groups in total. The molecule has 0 aromatic rings. The summed E-state index contributed by atoms with van der Waals surface area (Å²) < 4.78 is 0. The zero-order chi connectivity index (χ0) is 18.5. The molecule has 4 fully saturated rings. The predicted octanol–water partition coefficient (Wildman–Crippen LogP) is 5.26. The molecule has 3 heteroatoms. The first kappa shape index (κ1) is 18.8. The number of aliphatic carboxylic acids is 1. The molecule has 4 aliphatic carbocycles. The largest absolute Gasteiger partial charge is 0.481 e. The van der Waals surface area contributed by atoms with Gasteiger partial charge in [0, 0.05) is 6.42 Å². The van der Waals surface area contributed by atoms with Gasteiger partial charge in [-0.3, -0.25) is 4.79 Å². The number of carboxylic acids is 1. The van der Waals surface area contributed by atoms with Gasteiger partial charge in [0.25, 0.3) is 0 Å². The third-order valence-corrected chi connectivity index (χ3v) is 9.78. The number of fused-ring (bicyclic) bond motifs is 5. The van der Waals surface area contributed by atoms with Crippen molar-refractivity contribution in [1.82, 2.24) is 0 Å². The number of rotatable bonds is 4. The van der Waals surface area contributed by atoms with Crippen molar-refractivity contribution in [3.63, 3.8) is 0 Å². The van der Waals surface area contributed by atoms with Crippen LogP contribution in [0, 0.1) is 40.4 Å². The first-order chi connectivity index (χ1) is 12.3. The van der Waals surface area contributed by atoms with Crippen molar-refractivity contribution in [2.45, 2.75) is 97.0 Å². The van der Waals surface area contributed by atoms with Crippen LogP contribution in [-0.2, 0) is 4.79 Å². The summed E-state index contributed by atoms with van der Waals surface area (Å²) >= 11 is 0. The smallest absolute Gasteiger partial charge is 0.303 e. The normalized spacial score (nSPS) is 50.6. The van der Waals surface area contributed by atoms with Crippen LogP contribution in [0.1, 0.15) is 90.9 Å². The van der Waals surface area contributed by atoms with Crippen LogP contribution < -0.4 is 0 Å². The van der Waals surface area contributed by atoms with Gasteiger partial charge in [0.1, 0.15) is 0 Å². The van der Waals surface area contributed by atoms with Gasteiger partial charge in [-0.05, 0) is 111 Å². The monoisotopic (exact) mass is 362 g/mol. The van der Waals surface area contributed by atoms with E-state index in [1.54, 1.807) is 0 Å². The summed E-state index contributed by atoms with van der Waals surface area (Å²) in [4.78, 5) is 10.9. The summed E-state index contributed by atoms with van der Waals surface area (Å²) in [6, 6.07) is 0. The van der Waals surface area contributed by atoms with Gasteiger partial charge in [-0.25, -0.2) is 0 Å². The van der Waals surface area contributed by atoms with Crippen molar-refractivity contribution in [2.24, 2.45) is 40.4 Å². The molecule has 3 unspecified atom stereocenters. The maximum atomic E-state index is 10.9. The SMILES string of the molecule is C[C@]12CCC3C(CC[C@@H]4C[C@H](O)CC[C@]34C)C1CC[C@@H]2CCCC(=O)O. The Morgan fingerprint density at radius 3 is 2.46 bits per heavy atom. The van der Waals surface area contributed by atoms with E-state index in [9.17, 15) is 9.90 Å². The van der Waals surface area contributed by atoms with Gasteiger partial charge >= 0.3 is 5.97 Å². The molecule has 8 atom stereocenters. The molecule has 0 amide bonds. The third-order valence-electron chi connectivity index (χ3n) is 9.78. The van der Waals surface area contributed by atoms with Crippen molar-refractivity contribution in [3.05, 3.63) is 0 Å². The maximum absolute atomic E-state index is 10.9. The second kappa shape index (κ2) is 6.79. The lowest BCUT2D eigenvalue weighted by atomic mass is 9.44. The van der Waals surface area contributed by atoms with Crippen molar-refractivity contribution < 1.29 is 15.0 Å². The van der Waals surface area contributed by atoms with E-state index < -0.39 is 5.97 Å². The molecule has 0 aromatic carbocycles. The fourth-order valence-corrected chi connectivity index (χ4v) is 8.32. The minimum atomic E-state index is -0.640. The molecule has 0 saturated heterocycles. The van der Waals surface area contributed by atoms with Crippen LogP contribution in [-0.4, -0.2) is 22.3 Å². The van der Waals surface area contributed by atoms with E-state index >= 15 is 0 Å². The summed E-state index contributed by atoms with van der Waals surface area (Å²) in [5.41, 5.74) is 0.919. The topological polar surface area (TPSA) is 57.5 Å². The highest BCUT2D eigenvalue weighted by molar-refractivity contribution is 5.66. The average Bonchev–Trinajstić information content (AvgIpc) is 2.92. The highest BCUT2D eigenvalue weighted by atomic mass is 16.4. The Labute approximate surface area is 158 Å². The highest BCUT2D eigenvalue weighted by Gasteiger charge is 2.59. The third kappa shape index (κ3) is 2.93. The number of carbonyl (C=O) groups is 1. The molecule has 4 rings (SSSR count). The lowest BCUT2D eigenvalue weighted by molar-refractivity contribution is -0.137. The molecule has 0 bridgehead atoms. The second-order valence-electron chi connectivity index (χ2n) is 10.7. The Morgan fingerprint density at radius 1 is 0.962 bits per heavy atom. The van der Waals surface area contributed by atoms with Crippen molar-refractivity contribution in [3.8, 4) is 0 Å². The van der Waals surface area contributed by atoms with Crippen LogP contribution in [0.3, 0.4) is 0 Å². The quantitative estimate of drug-likeness (QED) is 0.717. The summed E-state index contributed by atoms with van der Waals surface area (Å²) in [5, 5.41) is 19.1. The Kier molecular flexibility index (Phi) is 4.91. The van der Waals surface area contributed by atoms with Gasteiger partial charge in [-0.1, -0.05) is 13.8 Å². The number of hydrogen-bond acceptors (Lipinski definition) is 2. The molecule has 0 aromatic heterocycles. The van der Waals surface area contributed by atoms with Gasteiger partial charge in [0.15, 0.2) is 0 Å². The Balaban J connectivity index is 1.48.